The average Bonchev–Trinajstić information content (AvgIpc) is 2.44. The molecule has 6 nitrogen and oxygen atoms in total. The number of nitrogens with zero attached hydrogens (tertiary/aromatic N) is 1. The van der Waals surface area contributed by atoms with Crippen LogP contribution >= 0.6 is 0 Å². The Labute approximate surface area is 116 Å². The van der Waals surface area contributed by atoms with E-state index in [1.807, 2.05) is 0 Å². The summed E-state index contributed by atoms with van der Waals surface area (Å²) >= 11 is 0. The van der Waals surface area contributed by atoms with Crippen molar-refractivity contribution in [2.75, 3.05) is 7.11 Å². The van der Waals surface area contributed by atoms with Crippen LogP contribution in [0.15, 0.2) is 24.3 Å². The van der Waals surface area contributed by atoms with Gasteiger partial charge < -0.3 is 4.74 Å². The number of Topliss-reactive ketones (excluding diaryl/α,β-unsaturated/α-hetero) is 1. The summed E-state index contributed by atoms with van der Waals surface area (Å²) in [5.74, 6) is -1.68. The van der Waals surface area contributed by atoms with Crippen LogP contribution in [0.1, 0.15) is 26.3 Å². The number of ether oxygens (including phenoxy) is 1. The van der Waals surface area contributed by atoms with E-state index >= 15 is 0 Å². The zero-order chi connectivity index (χ0) is 15.5. The third-order valence-electron chi connectivity index (χ3n) is 3.25. The number of methoxy groups -OCH3 is 1. The quantitative estimate of drug-likeness (QED) is 0.357. The number of nitro benzene ring substituents is 1. The van der Waals surface area contributed by atoms with E-state index in [-0.39, 0.29) is 11.3 Å². The summed E-state index contributed by atoms with van der Waals surface area (Å²) < 4.78 is 4.69. The van der Waals surface area contributed by atoms with E-state index in [1.54, 1.807) is 19.9 Å². The molecule has 108 valence electrons. The van der Waals surface area contributed by atoms with Gasteiger partial charge in [-0.1, -0.05) is 32.0 Å². The molecule has 1 unspecified atom stereocenters. The molecule has 1 aromatic carbocycles. The molecule has 0 aliphatic rings. The van der Waals surface area contributed by atoms with E-state index in [0.717, 1.165) is 7.11 Å². The zero-order valence-corrected chi connectivity index (χ0v) is 11.9. The Morgan fingerprint density at radius 3 is 2.30 bits per heavy atom. The highest BCUT2D eigenvalue weighted by Gasteiger charge is 2.48. The average molecular weight is 279 g/mol. The van der Waals surface area contributed by atoms with Crippen LogP contribution in [-0.2, 0) is 19.7 Å². The fourth-order valence-electron chi connectivity index (χ4n) is 2.18. The second-order valence-corrected chi connectivity index (χ2v) is 4.91. The highest BCUT2D eigenvalue weighted by molar-refractivity contribution is 6.10. The number of para-hydroxylation sites is 1. The molecule has 0 N–H and O–H groups in total. The van der Waals surface area contributed by atoms with Crippen LogP contribution in [0.5, 0.6) is 0 Å². The fraction of sp³-hybridized carbons (Fsp3) is 0.429. The molecular weight excluding hydrogens is 262 g/mol. The number of nitro groups is 1. The first-order chi connectivity index (χ1) is 9.26. The van der Waals surface area contributed by atoms with Crippen LogP contribution in [0.2, 0.25) is 0 Å². The van der Waals surface area contributed by atoms with Gasteiger partial charge >= 0.3 is 5.97 Å². The van der Waals surface area contributed by atoms with Gasteiger partial charge in [-0.2, -0.15) is 0 Å². The maximum Gasteiger partial charge on any atom is 0.323 e. The lowest BCUT2D eigenvalue weighted by Gasteiger charge is -2.27. The van der Waals surface area contributed by atoms with Gasteiger partial charge in [-0.05, 0) is 6.92 Å². The maximum atomic E-state index is 12.4. The number of carbonyl (C=O) groups is 2. The summed E-state index contributed by atoms with van der Waals surface area (Å²) in [5.41, 5.74) is -1.91. The molecule has 0 fully saturated rings. The molecule has 0 saturated carbocycles. The summed E-state index contributed by atoms with van der Waals surface area (Å²) in [6.45, 7) is 4.64. The molecule has 0 saturated heterocycles. The number of benzene rings is 1. The largest absolute Gasteiger partial charge is 0.468 e. The minimum Gasteiger partial charge on any atom is -0.468 e. The van der Waals surface area contributed by atoms with Gasteiger partial charge in [0.2, 0.25) is 0 Å². The number of ketones is 1. The Hall–Kier alpha value is -2.24. The number of carbonyl (C=O) groups excluding carboxylic acids is 2. The molecule has 1 atom stereocenters. The predicted octanol–water partition coefficient (Wildman–Crippen LogP) is 2.25. The van der Waals surface area contributed by atoms with E-state index in [2.05, 4.69) is 0 Å². The molecule has 0 bridgehead atoms. The molecule has 0 aliphatic heterocycles. The van der Waals surface area contributed by atoms with Gasteiger partial charge in [-0.15, -0.1) is 0 Å². The molecule has 6 heteroatoms. The Kier molecular flexibility index (Phi) is 4.60. The van der Waals surface area contributed by atoms with E-state index < -0.39 is 28.0 Å². The first-order valence-electron chi connectivity index (χ1n) is 6.13. The number of hydrogen-bond acceptors (Lipinski definition) is 5. The molecule has 0 heterocycles. The van der Waals surface area contributed by atoms with Gasteiger partial charge in [0.25, 0.3) is 5.69 Å². The molecule has 1 rings (SSSR count). The topological polar surface area (TPSA) is 86.5 Å². The molecule has 0 aliphatic carbocycles. The lowest BCUT2D eigenvalue weighted by atomic mass is 9.74. The SMILES string of the molecule is COC(=O)C(C)(C(=O)C(C)C)c1ccccc1[N+](=O)[O-]. The number of rotatable bonds is 5. The van der Waals surface area contributed by atoms with Crippen LogP contribution in [0.4, 0.5) is 5.69 Å². The van der Waals surface area contributed by atoms with Crippen molar-refractivity contribution < 1.29 is 19.2 Å². The summed E-state index contributed by atoms with van der Waals surface area (Å²) in [5, 5.41) is 11.1. The first kappa shape index (κ1) is 15.8. The summed E-state index contributed by atoms with van der Waals surface area (Å²) in [6, 6.07) is 5.72. The van der Waals surface area contributed by atoms with Gasteiger partial charge in [0.15, 0.2) is 11.2 Å². The van der Waals surface area contributed by atoms with Crippen LogP contribution in [0.25, 0.3) is 0 Å². The zero-order valence-electron chi connectivity index (χ0n) is 11.9. The molecule has 0 amide bonds. The second kappa shape index (κ2) is 5.81. The van der Waals surface area contributed by atoms with Gasteiger partial charge in [-0.3, -0.25) is 19.7 Å². The van der Waals surface area contributed by atoms with Gasteiger partial charge in [0.05, 0.1) is 17.6 Å². The summed E-state index contributed by atoms with van der Waals surface area (Å²) in [6.07, 6.45) is 0. The van der Waals surface area contributed by atoms with Gasteiger partial charge in [0, 0.05) is 12.0 Å². The van der Waals surface area contributed by atoms with Gasteiger partial charge in [-0.25, -0.2) is 0 Å². The third-order valence-corrected chi connectivity index (χ3v) is 3.25. The smallest absolute Gasteiger partial charge is 0.323 e. The van der Waals surface area contributed by atoms with Crippen LogP contribution in [-0.4, -0.2) is 23.8 Å². The van der Waals surface area contributed by atoms with E-state index in [4.69, 9.17) is 4.74 Å². The predicted molar refractivity (Wildman–Crippen MR) is 72.3 cm³/mol. The van der Waals surface area contributed by atoms with Gasteiger partial charge in [0.1, 0.15) is 0 Å². The van der Waals surface area contributed by atoms with Crippen molar-refractivity contribution in [3.8, 4) is 0 Å². The lowest BCUT2D eigenvalue weighted by molar-refractivity contribution is -0.385. The molecule has 20 heavy (non-hydrogen) atoms. The van der Waals surface area contributed by atoms with Crippen molar-refractivity contribution in [1.29, 1.82) is 0 Å². The van der Waals surface area contributed by atoms with E-state index in [1.165, 1.54) is 25.1 Å². The molecule has 0 radical (unpaired) electrons. The number of esters is 1. The maximum absolute atomic E-state index is 12.4. The monoisotopic (exact) mass is 279 g/mol. The van der Waals surface area contributed by atoms with Crippen molar-refractivity contribution in [2.45, 2.75) is 26.2 Å². The first-order valence-corrected chi connectivity index (χ1v) is 6.13. The number of hydrogen-bond donors (Lipinski definition) is 0. The van der Waals surface area contributed by atoms with Crippen molar-refractivity contribution in [3.63, 3.8) is 0 Å². The normalized spacial score (nSPS) is 13.7. The van der Waals surface area contributed by atoms with Crippen molar-refractivity contribution in [3.05, 3.63) is 39.9 Å². The van der Waals surface area contributed by atoms with Crippen molar-refractivity contribution in [2.24, 2.45) is 5.92 Å². The van der Waals surface area contributed by atoms with Crippen molar-refractivity contribution in [1.82, 2.24) is 0 Å². The summed E-state index contributed by atoms with van der Waals surface area (Å²) in [7, 11) is 1.16. The minimum absolute atomic E-state index is 0.0514. The van der Waals surface area contributed by atoms with Crippen LogP contribution in [0.3, 0.4) is 0 Å². The van der Waals surface area contributed by atoms with E-state index in [0.29, 0.717) is 0 Å². The highest BCUT2D eigenvalue weighted by atomic mass is 16.6. The standard InChI is InChI=1S/C14H17NO5/c1-9(2)12(16)14(3,13(17)20-4)10-7-5-6-8-11(10)15(18)19/h5-9H,1-4H3. The summed E-state index contributed by atoms with van der Waals surface area (Å²) in [4.78, 5) is 35.0. The third kappa shape index (κ3) is 2.54. The Bertz CT molecular complexity index is 552. The highest BCUT2D eigenvalue weighted by Crippen LogP contribution is 2.35. The lowest BCUT2D eigenvalue weighted by Crippen LogP contribution is -2.44. The molecule has 1 aromatic rings. The van der Waals surface area contributed by atoms with E-state index in [9.17, 15) is 19.7 Å². The van der Waals surface area contributed by atoms with Crippen LogP contribution < -0.4 is 0 Å². The fourth-order valence-corrected chi connectivity index (χ4v) is 2.18. The molecule has 0 spiro atoms. The minimum atomic E-state index is -1.69. The molecular formula is C14H17NO5. The second-order valence-electron chi connectivity index (χ2n) is 4.91. The van der Waals surface area contributed by atoms with Crippen molar-refractivity contribution >= 4 is 17.4 Å². The Morgan fingerprint density at radius 1 is 1.30 bits per heavy atom. The Balaban J connectivity index is 3.59. The molecule has 0 aromatic heterocycles. The van der Waals surface area contributed by atoms with Crippen LogP contribution in [0, 0.1) is 16.0 Å². The Morgan fingerprint density at radius 2 is 1.85 bits per heavy atom.